The van der Waals surface area contributed by atoms with Crippen molar-refractivity contribution < 1.29 is 24.3 Å². The van der Waals surface area contributed by atoms with E-state index in [9.17, 15) is 19.2 Å². The molecule has 1 heterocycles. The average molecular weight is 421 g/mol. The molecule has 2 aromatic rings. The lowest BCUT2D eigenvalue weighted by Gasteiger charge is -2.18. The molecule has 3 amide bonds. The SMILES string of the molecule is NCC(=O)NC(Cc1c[nH]c2ccccc12)C(=O)NCC(=O)NC(CS)C(=O)O. The third-order valence-corrected chi connectivity index (χ3v) is 4.54. The van der Waals surface area contributed by atoms with E-state index < -0.39 is 42.3 Å². The van der Waals surface area contributed by atoms with E-state index in [-0.39, 0.29) is 18.7 Å². The minimum atomic E-state index is -1.23. The molecule has 0 aliphatic heterocycles. The van der Waals surface area contributed by atoms with Crippen LogP contribution in [-0.2, 0) is 25.6 Å². The summed E-state index contributed by atoms with van der Waals surface area (Å²) in [6, 6.07) is 5.38. The Morgan fingerprint density at radius 1 is 1.10 bits per heavy atom. The molecule has 0 radical (unpaired) electrons. The van der Waals surface area contributed by atoms with Gasteiger partial charge < -0.3 is 31.8 Å². The Morgan fingerprint density at radius 3 is 2.45 bits per heavy atom. The monoisotopic (exact) mass is 421 g/mol. The number of H-pyrrole nitrogens is 1. The standard InChI is InChI=1S/C18H23N5O5S/c19-6-15(24)22-13(5-10-7-20-12-4-2-1-3-11(10)12)17(26)21-8-16(25)23-14(9-29)18(27)28/h1-4,7,13-14,20,29H,5-6,8-9,19H2,(H,21,26)(H,22,24)(H,23,25)(H,27,28). The molecule has 156 valence electrons. The van der Waals surface area contributed by atoms with Gasteiger partial charge in [0.15, 0.2) is 0 Å². The number of aromatic nitrogens is 1. The van der Waals surface area contributed by atoms with Gasteiger partial charge in [-0.1, -0.05) is 18.2 Å². The minimum Gasteiger partial charge on any atom is -0.480 e. The van der Waals surface area contributed by atoms with Crippen LogP contribution in [0.4, 0.5) is 0 Å². The predicted octanol–water partition coefficient (Wildman–Crippen LogP) is -1.23. The van der Waals surface area contributed by atoms with Gasteiger partial charge in [-0.3, -0.25) is 14.4 Å². The summed E-state index contributed by atoms with van der Waals surface area (Å²) >= 11 is 3.85. The molecule has 1 aromatic heterocycles. The van der Waals surface area contributed by atoms with Crippen LogP contribution in [0.1, 0.15) is 5.56 Å². The highest BCUT2D eigenvalue weighted by Gasteiger charge is 2.24. The van der Waals surface area contributed by atoms with Gasteiger partial charge in [-0.05, 0) is 11.6 Å². The molecule has 11 heteroatoms. The van der Waals surface area contributed by atoms with Gasteiger partial charge in [-0.25, -0.2) is 4.79 Å². The van der Waals surface area contributed by atoms with Crippen LogP contribution in [0.2, 0.25) is 0 Å². The van der Waals surface area contributed by atoms with Crippen LogP contribution in [-0.4, -0.2) is 64.7 Å². The van der Waals surface area contributed by atoms with Crippen molar-refractivity contribution in [3.8, 4) is 0 Å². The fourth-order valence-corrected chi connectivity index (χ4v) is 2.95. The van der Waals surface area contributed by atoms with Gasteiger partial charge in [-0.15, -0.1) is 0 Å². The lowest BCUT2D eigenvalue weighted by Crippen LogP contribution is -2.52. The summed E-state index contributed by atoms with van der Waals surface area (Å²) in [5.41, 5.74) is 7.02. The van der Waals surface area contributed by atoms with E-state index in [0.717, 1.165) is 16.5 Å². The summed E-state index contributed by atoms with van der Waals surface area (Å²) in [6.45, 7) is -0.736. The van der Waals surface area contributed by atoms with Crippen molar-refractivity contribution in [1.82, 2.24) is 20.9 Å². The number of amides is 3. The Hall–Kier alpha value is -3.05. The van der Waals surface area contributed by atoms with Crippen molar-refractivity contribution in [1.29, 1.82) is 0 Å². The molecular weight excluding hydrogens is 398 g/mol. The predicted molar refractivity (Wildman–Crippen MR) is 109 cm³/mol. The number of carboxylic acids is 1. The number of aliphatic carboxylic acids is 1. The van der Waals surface area contributed by atoms with Crippen LogP contribution in [0.25, 0.3) is 10.9 Å². The van der Waals surface area contributed by atoms with Crippen LogP contribution >= 0.6 is 12.6 Å². The maximum atomic E-state index is 12.6. The number of aromatic amines is 1. The summed E-state index contributed by atoms with van der Waals surface area (Å²) in [5.74, 6) is -3.12. The van der Waals surface area contributed by atoms with Crippen molar-refractivity contribution in [2.75, 3.05) is 18.8 Å². The van der Waals surface area contributed by atoms with Crippen LogP contribution in [0.5, 0.6) is 0 Å². The molecule has 0 aliphatic rings. The molecule has 2 unspecified atom stereocenters. The number of rotatable bonds is 10. The highest BCUT2D eigenvalue weighted by atomic mass is 32.1. The molecular formula is C18H23N5O5S. The zero-order valence-corrected chi connectivity index (χ0v) is 16.4. The molecule has 1 aromatic carbocycles. The molecule has 2 rings (SSSR count). The Balaban J connectivity index is 2.05. The molecule has 0 saturated carbocycles. The molecule has 0 spiro atoms. The third-order valence-electron chi connectivity index (χ3n) is 4.18. The zero-order chi connectivity index (χ0) is 21.4. The van der Waals surface area contributed by atoms with E-state index in [0.29, 0.717) is 0 Å². The number of carbonyl (C=O) groups excluding carboxylic acids is 3. The first-order chi connectivity index (χ1) is 13.8. The summed E-state index contributed by atoms with van der Waals surface area (Å²) < 4.78 is 0. The van der Waals surface area contributed by atoms with E-state index in [2.05, 4.69) is 33.6 Å². The molecule has 0 saturated heterocycles. The molecule has 0 bridgehead atoms. The first-order valence-corrected chi connectivity index (χ1v) is 9.44. The summed E-state index contributed by atoms with van der Waals surface area (Å²) in [4.78, 5) is 50.2. The van der Waals surface area contributed by atoms with Crippen LogP contribution < -0.4 is 21.7 Å². The number of hydrogen-bond acceptors (Lipinski definition) is 6. The molecule has 10 nitrogen and oxygen atoms in total. The fourth-order valence-electron chi connectivity index (χ4n) is 2.70. The quantitative estimate of drug-likeness (QED) is 0.237. The number of para-hydroxylation sites is 1. The second-order valence-electron chi connectivity index (χ2n) is 6.25. The number of fused-ring (bicyclic) bond motifs is 1. The highest BCUT2D eigenvalue weighted by Crippen LogP contribution is 2.19. The Bertz CT molecular complexity index is 900. The van der Waals surface area contributed by atoms with Gasteiger partial charge in [0.2, 0.25) is 17.7 Å². The lowest BCUT2D eigenvalue weighted by atomic mass is 10.0. The van der Waals surface area contributed by atoms with Gasteiger partial charge in [0.1, 0.15) is 12.1 Å². The number of carbonyl (C=O) groups is 4. The summed E-state index contributed by atoms with van der Waals surface area (Å²) in [5, 5.41) is 17.0. The average Bonchev–Trinajstić information content (AvgIpc) is 3.12. The van der Waals surface area contributed by atoms with E-state index in [1.54, 1.807) is 6.20 Å². The Labute approximate surface area is 172 Å². The topological polar surface area (TPSA) is 166 Å². The number of thiol groups is 1. The van der Waals surface area contributed by atoms with E-state index in [1.807, 2.05) is 24.3 Å². The zero-order valence-electron chi connectivity index (χ0n) is 15.5. The van der Waals surface area contributed by atoms with Crippen molar-refractivity contribution in [3.63, 3.8) is 0 Å². The van der Waals surface area contributed by atoms with Crippen molar-refractivity contribution >= 4 is 47.2 Å². The molecule has 7 N–H and O–H groups in total. The summed E-state index contributed by atoms with van der Waals surface area (Å²) in [6.07, 6.45) is 1.92. The van der Waals surface area contributed by atoms with Gasteiger partial charge >= 0.3 is 5.97 Å². The van der Waals surface area contributed by atoms with Crippen molar-refractivity contribution in [3.05, 3.63) is 36.0 Å². The van der Waals surface area contributed by atoms with Crippen LogP contribution in [0, 0.1) is 0 Å². The van der Waals surface area contributed by atoms with Crippen molar-refractivity contribution in [2.24, 2.45) is 5.73 Å². The number of benzene rings is 1. The van der Waals surface area contributed by atoms with E-state index in [1.165, 1.54) is 0 Å². The highest BCUT2D eigenvalue weighted by molar-refractivity contribution is 7.80. The number of nitrogens with one attached hydrogen (secondary N) is 4. The van der Waals surface area contributed by atoms with Gasteiger partial charge in [0.25, 0.3) is 0 Å². The summed E-state index contributed by atoms with van der Waals surface area (Å²) in [7, 11) is 0. The lowest BCUT2D eigenvalue weighted by molar-refractivity contribution is -0.141. The number of hydrogen-bond donors (Lipinski definition) is 7. The van der Waals surface area contributed by atoms with Gasteiger partial charge in [-0.2, -0.15) is 12.6 Å². The van der Waals surface area contributed by atoms with Crippen LogP contribution in [0.3, 0.4) is 0 Å². The molecule has 2 atom stereocenters. The first-order valence-electron chi connectivity index (χ1n) is 8.80. The largest absolute Gasteiger partial charge is 0.480 e. The number of nitrogens with two attached hydrogens (primary N) is 1. The van der Waals surface area contributed by atoms with Crippen molar-refractivity contribution in [2.45, 2.75) is 18.5 Å². The van der Waals surface area contributed by atoms with Gasteiger partial charge in [0, 0.05) is 29.3 Å². The second-order valence-corrected chi connectivity index (χ2v) is 6.61. The fraction of sp³-hybridized carbons (Fsp3) is 0.333. The maximum absolute atomic E-state index is 12.6. The molecule has 29 heavy (non-hydrogen) atoms. The minimum absolute atomic E-state index is 0.0925. The van der Waals surface area contributed by atoms with E-state index in [4.69, 9.17) is 10.8 Å². The second kappa shape index (κ2) is 10.5. The van der Waals surface area contributed by atoms with E-state index >= 15 is 0 Å². The smallest absolute Gasteiger partial charge is 0.327 e. The molecule has 0 aliphatic carbocycles. The van der Waals surface area contributed by atoms with Crippen LogP contribution in [0.15, 0.2) is 30.5 Å². The maximum Gasteiger partial charge on any atom is 0.327 e. The normalized spacial score (nSPS) is 12.8. The first kappa shape index (κ1) is 22.2. The van der Waals surface area contributed by atoms with Gasteiger partial charge in [0.05, 0.1) is 13.1 Å². The molecule has 0 fully saturated rings. The Morgan fingerprint density at radius 2 is 1.79 bits per heavy atom. The third kappa shape index (κ3) is 6.22. The Kier molecular flexibility index (Phi) is 8.04. The number of carboxylic acid groups (broad SMARTS) is 1.